The summed E-state index contributed by atoms with van der Waals surface area (Å²) >= 11 is 0. The Bertz CT molecular complexity index is 825. The van der Waals surface area contributed by atoms with E-state index >= 15 is 0 Å². The summed E-state index contributed by atoms with van der Waals surface area (Å²) in [4.78, 5) is 9.25. The van der Waals surface area contributed by atoms with Gasteiger partial charge in [-0.1, -0.05) is 65.0 Å². The summed E-state index contributed by atoms with van der Waals surface area (Å²) in [6.45, 7) is 10.8. The van der Waals surface area contributed by atoms with E-state index in [1.54, 1.807) is 0 Å². The first-order valence-electron chi connectivity index (χ1n) is 8.22. The van der Waals surface area contributed by atoms with Gasteiger partial charge in [-0.2, -0.15) is 0 Å². The number of benzene rings is 2. The van der Waals surface area contributed by atoms with Crippen LogP contribution in [0.15, 0.2) is 48.7 Å². The molecule has 118 valence electrons. The lowest BCUT2D eigenvalue weighted by molar-refractivity contribution is 0.548. The lowest BCUT2D eigenvalue weighted by Gasteiger charge is -2.16. The van der Waals surface area contributed by atoms with Gasteiger partial charge in [0.25, 0.3) is 0 Å². The normalized spacial score (nSPS) is 12.1. The Hall–Kier alpha value is -2.22. The van der Waals surface area contributed by atoms with Crippen molar-refractivity contribution in [3.8, 4) is 11.1 Å². The van der Waals surface area contributed by atoms with Crippen molar-refractivity contribution in [1.29, 1.82) is 0 Å². The van der Waals surface area contributed by atoms with Gasteiger partial charge in [-0.3, -0.25) is 0 Å². The molecule has 3 aromatic rings. The monoisotopic (exact) mass is 304 g/mol. The molecule has 0 aliphatic rings. The van der Waals surface area contributed by atoms with E-state index in [0.717, 1.165) is 16.7 Å². The number of rotatable bonds is 2. The Kier molecular flexibility index (Phi) is 3.93. The lowest BCUT2D eigenvalue weighted by atomic mass is 9.95. The van der Waals surface area contributed by atoms with Gasteiger partial charge >= 0.3 is 0 Å². The van der Waals surface area contributed by atoms with E-state index in [9.17, 15) is 0 Å². The average Bonchev–Trinajstić information content (AvgIpc) is 2.53. The van der Waals surface area contributed by atoms with Crippen molar-refractivity contribution < 1.29 is 0 Å². The molecule has 3 rings (SSSR count). The summed E-state index contributed by atoms with van der Waals surface area (Å²) in [5.41, 5.74) is 4.79. The highest BCUT2D eigenvalue weighted by Gasteiger charge is 2.17. The van der Waals surface area contributed by atoms with Crippen LogP contribution in [0, 0.1) is 0 Å². The van der Waals surface area contributed by atoms with Crippen molar-refractivity contribution in [2.24, 2.45) is 0 Å². The predicted molar refractivity (Wildman–Crippen MR) is 97.8 cm³/mol. The number of aromatic nitrogens is 2. The maximum Gasteiger partial charge on any atom is 0.134 e. The molecule has 2 heteroatoms. The second-order valence-corrected chi connectivity index (χ2v) is 7.49. The van der Waals surface area contributed by atoms with Gasteiger partial charge in [0, 0.05) is 17.0 Å². The Labute approximate surface area is 138 Å². The van der Waals surface area contributed by atoms with Crippen LogP contribution in [-0.2, 0) is 5.41 Å². The van der Waals surface area contributed by atoms with Crippen LogP contribution in [0.25, 0.3) is 22.0 Å². The standard InChI is InChI=1S/C21H24N2/c1-14(2)15-6-8-16(9-7-15)17-10-11-19-18(12-17)13-22-20(23-19)21(3,4)5/h6-14H,1-5H3. The van der Waals surface area contributed by atoms with E-state index in [2.05, 4.69) is 82.1 Å². The number of hydrogen-bond donors (Lipinski definition) is 0. The molecule has 0 unspecified atom stereocenters. The number of hydrogen-bond acceptors (Lipinski definition) is 2. The summed E-state index contributed by atoms with van der Waals surface area (Å²) in [6.07, 6.45) is 1.94. The largest absolute Gasteiger partial charge is 0.240 e. The van der Waals surface area contributed by atoms with Crippen LogP contribution in [0.4, 0.5) is 0 Å². The van der Waals surface area contributed by atoms with Crippen LogP contribution in [-0.4, -0.2) is 9.97 Å². The summed E-state index contributed by atoms with van der Waals surface area (Å²) < 4.78 is 0. The summed E-state index contributed by atoms with van der Waals surface area (Å²) in [6, 6.07) is 15.2. The van der Waals surface area contributed by atoms with E-state index in [1.165, 1.54) is 16.7 Å². The molecule has 0 amide bonds. The van der Waals surface area contributed by atoms with Gasteiger partial charge < -0.3 is 0 Å². The van der Waals surface area contributed by atoms with Gasteiger partial charge in [0.2, 0.25) is 0 Å². The van der Waals surface area contributed by atoms with Crippen molar-refractivity contribution in [1.82, 2.24) is 9.97 Å². The lowest BCUT2D eigenvalue weighted by Crippen LogP contribution is -2.15. The van der Waals surface area contributed by atoms with E-state index in [0.29, 0.717) is 5.92 Å². The quantitative estimate of drug-likeness (QED) is 0.605. The molecule has 0 N–H and O–H groups in total. The summed E-state index contributed by atoms with van der Waals surface area (Å²) in [5, 5.41) is 1.09. The molecule has 0 spiro atoms. The highest BCUT2D eigenvalue weighted by atomic mass is 14.9. The van der Waals surface area contributed by atoms with Crippen LogP contribution < -0.4 is 0 Å². The molecule has 0 saturated heterocycles. The maximum absolute atomic E-state index is 4.71. The predicted octanol–water partition coefficient (Wildman–Crippen LogP) is 5.72. The fourth-order valence-corrected chi connectivity index (χ4v) is 2.63. The molecule has 2 nitrogen and oxygen atoms in total. The van der Waals surface area contributed by atoms with Crippen LogP contribution in [0.1, 0.15) is 51.9 Å². The van der Waals surface area contributed by atoms with Gasteiger partial charge in [-0.15, -0.1) is 0 Å². The van der Waals surface area contributed by atoms with Gasteiger partial charge in [-0.25, -0.2) is 9.97 Å². The highest BCUT2D eigenvalue weighted by molar-refractivity contribution is 5.83. The Morgan fingerprint density at radius 1 is 0.870 bits per heavy atom. The Morgan fingerprint density at radius 2 is 1.52 bits per heavy atom. The minimum Gasteiger partial charge on any atom is -0.240 e. The minimum absolute atomic E-state index is 0.0282. The first-order chi connectivity index (χ1) is 10.8. The average molecular weight is 304 g/mol. The zero-order valence-corrected chi connectivity index (χ0v) is 14.6. The number of fused-ring (bicyclic) bond motifs is 1. The van der Waals surface area contributed by atoms with Crippen molar-refractivity contribution >= 4 is 10.9 Å². The molecule has 0 aliphatic carbocycles. The molecule has 0 fully saturated rings. The zero-order valence-electron chi connectivity index (χ0n) is 14.6. The Balaban J connectivity index is 2.00. The molecule has 23 heavy (non-hydrogen) atoms. The van der Waals surface area contributed by atoms with Crippen LogP contribution in [0.2, 0.25) is 0 Å². The maximum atomic E-state index is 4.71. The molecule has 0 bridgehead atoms. The molecule has 1 aromatic heterocycles. The minimum atomic E-state index is -0.0282. The van der Waals surface area contributed by atoms with E-state index in [1.807, 2.05) is 6.20 Å². The highest BCUT2D eigenvalue weighted by Crippen LogP contribution is 2.27. The van der Waals surface area contributed by atoms with Gasteiger partial charge in [-0.05, 0) is 34.7 Å². The molecule has 0 aliphatic heterocycles. The molecule has 0 radical (unpaired) electrons. The van der Waals surface area contributed by atoms with Gasteiger partial charge in [0.15, 0.2) is 0 Å². The summed E-state index contributed by atoms with van der Waals surface area (Å²) in [7, 11) is 0. The second-order valence-electron chi connectivity index (χ2n) is 7.49. The van der Waals surface area contributed by atoms with Crippen molar-refractivity contribution in [3.63, 3.8) is 0 Å². The van der Waals surface area contributed by atoms with Crippen LogP contribution >= 0.6 is 0 Å². The first kappa shape index (κ1) is 15.7. The first-order valence-corrected chi connectivity index (χ1v) is 8.22. The van der Waals surface area contributed by atoms with Gasteiger partial charge in [0.1, 0.15) is 5.82 Å². The molecular weight excluding hydrogens is 280 g/mol. The van der Waals surface area contributed by atoms with Crippen molar-refractivity contribution in [2.75, 3.05) is 0 Å². The van der Waals surface area contributed by atoms with E-state index in [4.69, 9.17) is 4.98 Å². The topological polar surface area (TPSA) is 25.8 Å². The SMILES string of the molecule is CC(C)c1ccc(-c2ccc3nc(C(C)(C)C)ncc3c2)cc1. The van der Waals surface area contributed by atoms with Crippen LogP contribution in [0.5, 0.6) is 0 Å². The molecule has 1 heterocycles. The van der Waals surface area contributed by atoms with E-state index in [-0.39, 0.29) is 5.41 Å². The Morgan fingerprint density at radius 3 is 2.13 bits per heavy atom. The third kappa shape index (κ3) is 3.26. The molecule has 0 saturated carbocycles. The summed E-state index contributed by atoms with van der Waals surface area (Å²) in [5.74, 6) is 1.45. The smallest absolute Gasteiger partial charge is 0.134 e. The zero-order chi connectivity index (χ0) is 16.6. The molecule has 2 aromatic carbocycles. The fourth-order valence-electron chi connectivity index (χ4n) is 2.63. The van der Waals surface area contributed by atoms with Gasteiger partial charge in [0.05, 0.1) is 5.52 Å². The van der Waals surface area contributed by atoms with E-state index < -0.39 is 0 Å². The van der Waals surface area contributed by atoms with Crippen LogP contribution in [0.3, 0.4) is 0 Å². The fraction of sp³-hybridized carbons (Fsp3) is 0.333. The second kappa shape index (κ2) is 5.77. The van der Waals surface area contributed by atoms with Crippen molar-refractivity contribution in [2.45, 2.75) is 46.0 Å². The van der Waals surface area contributed by atoms with Crippen molar-refractivity contribution in [3.05, 3.63) is 60.0 Å². The molecule has 0 atom stereocenters. The third-order valence-electron chi connectivity index (χ3n) is 4.16. The third-order valence-corrected chi connectivity index (χ3v) is 4.16. The number of nitrogens with zero attached hydrogens (tertiary/aromatic N) is 2. The molecular formula is C21H24N2.